The Morgan fingerprint density at radius 2 is 1.60 bits per heavy atom. The molecule has 158 valence electrons. The smallest absolute Gasteiger partial charge is 0.0274 e. The third-order valence-corrected chi connectivity index (χ3v) is 6.81. The zero-order valence-electron chi connectivity index (χ0n) is 18.8. The van der Waals surface area contributed by atoms with Gasteiger partial charge >= 0.3 is 0 Å². The lowest BCUT2D eigenvalue weighted by Crippen LogP contribution is -2.33. The fourth-order valence-electron chi connectivity index (χ4n) is 4.86. The lowest BCUT2D eigenvalue weighted by molar-refractivity contribution is 0.217. The molecular formula is C28H36N2. The molecule has 2 aliphatic heterocycles. The Balaban J connectivity index is 1.22. The van der Waals surface area contributed by atoms with Gasteiger partial charge in [-0.05, 0) is 94.4 Å². The van der Waals surface area contributed by atoms with E-state index in [1.165, 1.54) is 79.7 Å². The minimum absolute atomic E-state index is 0.731. The summed E-state index contributed by atoms with van der Waals surface area (Å²) < 4.78 is 0. The fourth-order valence-corrected chi connectivity index (χ4v) is 4.86. The molecule has 0 unspecified atom stereocenters. The summed E-state index contributed by atoms with van der Waals surface area (Å²) in [6.45, 7) is 11.5. The van der Waals surface area contributed by atoms with Gasteiger partial charge in [0.05, 0.1) is 0 Å². The first-order chi connectivity index (χ1) is 14.7. The molecule has 2 nitrogen and oxygen atoms in total. The van der Waals surface area contributed by atoms with E-state index in [1.807, 2.05) is 0 Å². The lowest BCUT2D eigenvalue weighted by Gasteiger charge is -2.31. The number of benzene rings is 2. The Morgan fingerprint density at radius 3 is 2.30 bits per heavy atom. The highest BCUT2D eigenvalue weighted by atomic mass is 15.1. The molecule has 2 saturated heterocycles. The number of hydrogen-bond acceptors (Lipinski definition) is 2. The molecule has 30 heavy (non-hydrogen) atoms. The van der Waals surface area contributed by atoms with Crippen LogP contribution in [0.2, 0.25) is 0 Å². The van der Waals surface area contributed by atoms with Gasteiger partial charge in [0.25, 0.3) is 0 Å². The quantitative estimate of drug-likeness (QED) is 0.610. The zero-order valence-corrected chi connectivity index (χ0v) is 18.8. The van der Waals surface area contributed by atoms with Gasteiger partial charge in [-0.2, -0.15) is 0 Å². The first kappa shape index (κ1) is 21.2. The monoisotopic (exact) mass is 400 g/mol. The molecule has 0 spiro atoms. The zero-order chi connectivity index (χ0) is 20.8. The van der Waals surface area contributed by atoms with E-state index in [-0.39, 0.29) is 0 Å². The third kappa shape index (κ3) is 5.75. The average Bonchev–Trinajstić information content (AvgIpc) is 3.27. The Hall–Kier alpha value is -2.08. The maximum absolute atomic E-state index is 3.43. The minimum atomic E-state index is 0.731. The van der Waals surface area contributed by atoms with E-state index < -0.39 is 0 Å². The molecule has 0 radical (unpaired) electrons. The minimum Gasteiger partial charge on any atom is -0.302 e. The fraction of sp³-hybridized carbons (Fsp3) is 0.500. The molecule has 2 fully saturated rings. The summed E-state index contributed by atoms with van der Waals surface area (Å²) in [5.41, 5.74) is 6.81. The highest BCUT2D eigenvalue weighted by molar-refractivity contribution is 5.42. The van der Waals surface area contributed by atoms with Crippen LogP contribution in [0.25, 0.3) is 0 Å². The van der Waals surface area contributed by atoms with Gasteiger partial charge < -0.3 is 4.90 Å². The van der Waals surface area contributed by atoms with Crippen molar-refractivity contribution in [1.82, 2.24) is 9.80 Å². The van der Waals surface area contributed by atoms with Crippen LogP contribution < -0.4 is 0 Å². The lowest BCUT2D eigenvalue weighted by atomic mass is 9.89. The molecule has 4 rings (SSSR count). The summed E-state index contributed by atoms with van der Waals surface area (Å²) in [4.78, 5) is 5.15. The van der Waals surface area contributed by atoms with E-state index in [2.05, 4.69) is 78.0 Å². The molecule has 2 aliphatic rings. The molecule has 2 aromatic rings. The van der Waals surface area contributed by atoms with Crippen molar-refractivity contribution in [1.29, 1.82) is 0 Å². The van der Waals surface area contributed by atoms with Crippen LogP contribution in [0.15, 0.2) is 42.5 Å². The van der Waals surface area contributed by atoms with Crippen LogP contribution in [0.4, 0.5) is 0 Å². The Morgan fingerprint density at radius 1 is 0.867 bits per heavy atom. The van der Waals surface area contributed by atoms with E-state index >= 15 is 0 Å². The average molecular weight is 401 g/mol. The highest BCUT2D eigenvalue weighted by Gasteiger charge is 2.19. The number of piperidine rings is 1. The van der Waals surface area contributed by atoms with E-state index in [0.29, 0.717) is 0 Å². The molecular weight excluding hydrogens is 364 g/mol. The topological polar surface area (TPSA) is 6.48 Å². The molecule has 0 aromatic heterocycles. The second-order valence-electron chi connectivity index (χ2n) is 9.21. The number of nitrogens with zero attached hydrogens (tertiary/aromatic N) is 2. The summed E-state index contributed by atoms with van der Waals surface area (Å²) >= 11 is 0. The van der Waals surface area contributed by atoms with Crippen LogP contribution in [0.5, 0.6) is 0 Å². The van der Waals surface area contributed by atoms with Crippen molar-refractivity contribution in [2.24, 2.45) is 0 Å². The van der Waals surface area contributed by atoms with E-state index in [1.54, 1.807) is 0 Å². The van der Waals surface area contributed by atoms with Crippen LogP contribution in [-0.4, -0.2) is 42.5 Å². The third-order valence-electron chi connectivity index (χ3n) is 6.81. The molecule has 0 saturated carbocycles. The molecule has 2 aromatic carbocycles. The van der Waals surface area contributed by atoms with Gasteiger partial charge in [0.2, 0.25) is 0 Å². The predicted molar refractivity (Wildman–Crippen MR) is 127 cm³/mol. The number of rotatable bonds is 5. The van der Waals surface area contributed by atoms with Gasteiger partial charge in [0.15, 0.2) is 0 Å². The molecule has 0 amide bonds. The SMILES string of the molecule is Cc1ccc(C2CCN(CCC#Cc3ccc(CN4CCCC4)cc3C)CC2)cc1. The van der Waals surface area contributed by atoms with Crippen LogP contribution in [0, 0.1) is 25.7 Å². The molecule has 2 heterocycles. The second-order valence-corrected chi connectivity index (χ2v) is 9.21. The van der Waals surface area contributed by atoms with E-state index in [0.717, 1.165) is 25.4 Å². The van der Waals surface area contributed by atoms with Gasteiger partial charge in [-0.25, -0.2) is 0 Å². The van der Waals surface area contributed by atoms with Crippen molar-refractivity contribution in [3.8, 4) is 11.8 Å². The molecule has 0 aliphatic carbocycles. The molecule has 0 bridgehead atoms. The van der Waals surface area contributed by atoms with Crippen molar-refractivity contribution in [3.05, 3.63) is 70.3 Å². The maximum atomic E-state index is 3.43. The number of hydrogen-bond donors (Lipinski definition) is 0. The number of aryl methyl sites for hydroxylation is 2. The summed E-state index contributed by atoms with van der Waals surface area (Å²) in [5.74, 6) is 7.58. The first-order valence-corrected chi connectivity index (χ1v) is 11.8. The van der Waals surface area contributed by atoms with Crippen molar-refractivity contribution < 1.29 is 0 Å². The van der Waals surface area contributed by atoms with Crippen molar-refractivity contribution >= 4 is 0 Å². The maximum Gasteiger partial charge on any atom is 0.0274 e. The van der Waals surface area contributed by atoms with Gasteiger partial charge in [-0.15, -0.1) is 0 Å². The van der Waals surface area contributed by atoms with Crippen LogP contribution in [0.3, 0.4) is 0 Å². The Kier molecular flexibility index (Phi) is 7.26. The summed E-state index contributed by atoms with van der Waals surface area (Å²) in [6, 6.07) is 16.0. The Bertz CT molecular complexity index is 873. The molecule has 2 heteroatoms. The summed E-state index contributed by atoms with van der Waals surface area (Å²) in [7, 11) is 0. The predicted octanol–water partition coefficient (Wildman–Crippen LogP) is 5.52. The van der Waals surface area contributed by atoms with Crippen molar-refractivity contribution in [2.75, 3.05) is 32.7 Å². The van der Waals surface area contributed by atoms with E-state index in [9.17, 15) is 0 Å². The largest absolute Gasteiger partial charge is 0.302 e. The van der Waals surface area contributed by atoms with Crippen LogP contribution in [0.1, 0.15) is 65.8 Å². The normalized spacial score (nSPS) is 18.3. The molecule has 0 atom stereocenters. The van der Waals surface area contributed by atoms with Crippen LogP contribution >= 0.6 is 0 Å². The number of likely N-dealkylation sites (tertiary alicyclic amines) is 2. The van der Waals surface area contributed by atoms with Gasteiger partial charge in [-0.3, -0.25) is 4.90 Å². The first-order valence-electron chi connectivity index (χ1n) is 11.8. The van der Waals surface area contributed by atoms with Crippen molar-refractivity contribution in [2.45, 2.75) is 58.4 Å². The highest BCUT2D eigenvalue weighted by Crippen LogP contribution is 2.28. The summed E-state index contributed by atoms with van der Waals surface area (Å²) in [6.07, 6.45) is 6.21. The summed E-state index contributed by atoms with van der Waals surface area (Å²) in [5, 5.41) is 0. The standard InChI is InChI=1S/C28H36N2/c1-23-8-11-27(12-9-23)28-14-19-29(20-15-28)16-4-3-7-26-13-10-25(21-24(26)2)22-30-17-5-6-18-30/h8-13,21,28H,4-6,14-20,22H2,1-2H3. The Labute approximate surface area is 183 Å². The van der Waals surface area contributed by atoms with Gasteiger partial charge in [0, 0.05) is 25.1 Å². The molecule has 0 N–H and O–H groups in total. The van der Waals surface area contributed by atoms with Crippen molar-refractivity contribution in [3.63, 3.8) is 0 Å². The van der Waals surface area contributed by atoms with Gasteiger partial charge in [-0.1, -0.05) is 53.8 Å². The van der Waals surface area contributed by atoms with Crippen LogP contribution in [-0.2, 0) is 6.54 Å². The second kappa shape index (κ2) is 10.3. The van der Waals surface area contributed by atoms with E-state index in [4.69, 9.17) is 0 Å². The van der Waals surface area contributed by atoms with Gasteiger partial charge in [0.1, 0.15) is 0 Å².